The third-order valence-corrected chi connectivity index (χ3v) is 3.75. The van der Waals surface area contributed by atoms with Crippen LogP contribution in [0.15, 0.2) is 29.2 Å². The van der Waals surface area contributed by atoms with Crippen molar-refractivity contribution in [1.82, 2.24) is 20.2 Å². The van der Waals surface area contributed by atoms with Crippen molar-refractivity contribution in [2.24, 2.45) is 0 Å². The second kappa shape index (κ2) is 5.61. The van der Waals surface area contributed by atoms with Gasteiger partial charge in [0.2, 0.25) is 0 Å². The van der Waals surface area contributed by atoms with Gasteiger partial charge in [0.15, 0.2) is 5.69 Å². The Labute approximate surface area is 121 Å². The van der Waals surface area contributed by atoms with Crippen LogP contribution in [0.1, 0.15) is 34.3 Å². The van der Waals surface area contributed by atoms with Crippen LogP contribution in [0.2, 0.25) is 0 Å². The zero-order chi connectivity index (χ0) is 14.8. The molecule has 110 valence electrons. The fourth-order valence-corrected chi connectivity index (χ4v) is 2.58. The van der Waals surface area contributed by atoms with E-state index < -0.39 is 0 Å². The molecule has 2 aromatic rings. The van der Waals surface area contributed by atoms with Crippen LogP contribution >= 0.6 is 0 Å². The number of carbonyl (C=O) groups is 1. The Balaban J connectivity index is 1.82. The number of likely N-dealkylation sites (N-methyl/N-ethyl adjacent to an activating group) is 1. The predicted octanol–water partition coefficient (Wildman–Crippen LogP) is 1.38. The molecular formula is C14H16N4O3. The summed E-state index contributed by atoms with van der Waals surface area (Å²) < 4.78 is 10.4. The summed E-state index contributed by atoms with van der Waals surface area (Å²) in [6.07, 6.45) is 4.08. The molecule has 3 heterocycles. The third kappa shape index (κ3) is 2.52. The van der Waals surface area contributed by atoms with E-state index in [0.29, 0.717) is 12.3 Å². The van der Waals surface area contributed by atoms with Crippen LogP contribution in [0.4, 0.5) is 0 Å². The molecule has 2 aromatic heterocycles. The highest BCUT2D eigenvalue weighted by Crippen LogP contribution is 2.32. The summed E-state index contributed by atoms with van der Waals surface area (Å²) in [6.45, 7) is 2.30. The molecule has 7 heteroatoms. The van der Waals surface area contributed by atoms with Crippen molar-refractivity contribution in [3.8, 4) is 0 Å². The van der Waals surface area contributed by atoms with E-state index in [1.165, 1.54) is 0 Å². The van der Waals surface area contributed by atoms with Gasteiger partial charge < -0.3 is 9.64 Å². The van der Waals surface area contributed by atoms with Crippen molar-refractivity contribution in [2.75, 3.05) is 13.7 Å². The fraction of sp³-hybridized carbons (Fsp3) is 0.429. The molecule has 0 unspecified atom stereocenters. The standard InChI is InChI=1S/C14H16N4O3/c1-9-12(17-21-16-9)14(19)18(2)11-5-7-20-13(11)10-4-3-6-15-8-10/h3-4,6,8,11,13H,5,7H2,1-2H3/t11-,13+/m0/s1. The Hall–Kier alpha value is -2.28. The van der Waals surface area contributed by atoms with Crippen molar-refractivity contribution in [1.29, 1.82) is 0 Å². The van der Waals surface area contributed by atoms with Crippen LogP contribution in [-0.4, -0.2) is 45.8 Å². The lowest BCUT2D eigenvalue weighted by Gasteiger charge is -2.28. The summed E-state index contributed by atoms with van der Waals surface area (Å²) in [6, 6.07) is 3.76. The van der Waals surface area contributed by atoms with E-state index in [9.17, 15) is 4.79 Å². The second-order valence-corrected chi connectivity index (χ2v) is 5.05. The molecule has 0 aliphatic carbocycles. The van der Waals surface area contributed by atoms with Crippen molar-refractivity contribution in [2.45, 2.75) is 25.5 Å². The molecule has 1 fully saturated rings. The average Bonchev–Trinajstić information content (AvgIpc) is 3.15. The number of aryl methyl sites for hydroxylation is 1. The van der Waals surface area contributed by atoms with E-state index in [0.717, 1.165) is 12.0 Å². The molecule has 1 aliphatic heterocycles. The number of carbonyl (C=O) groups excluding carboxylic acids is 1. The molecule has 3 rings (SSSR count). The largest absolute Gasteiger partial charge is 0.371 e. The van der Waals surface area contributed by atoms with Gasteiger partial charge in [-0.2, -0.15) is 0 Å². The van der Waals surface area contributed by atoms with E-state index in [4.69, 9.17) is 4.74 Å². The molecule has 0 spiro atoms. The first-order valence-corrected chi connectivity index (χ1v) is 6.76. The number of hydrogen-bond donors (Lipinski definition) is 0. The van der Waals surface area contributed by atoms with Crippen LogP contribution in [0.3, 0.4) is 0 Å². The summed E-state index contributed by atoms with van der Waals surface area (Å²) in [7, 11) is 1.75. The highest BCUT2D eigenvalue weighted by atomic mass is 16.6. The zero-order valence-electron chi connectivity index (χ0n) is 11.9. The highest BCUT2D eigenvalue weighted by molar-refractivity contribution is 5.93. The van der Waals surface area contributed by atoms with E-state index in [2.05, 4.69) is 19.9 Å². The van der Waals surface area contributed by atoms with Gasteiger partial charge in [0.25, 0.3) is 5.91 Å². The second-order valence-electron chi connectivity index (χ2n) is 5.05. The Morgan fingerprint density at radius 2 is 2.29 bits per heavy atom. The Kier molecular flexibility index (Phi) is 3.66. The van der Waals surface area contributed by atoms with Gasteiger partial charge in [-0.05, 0) is 24.6 Å². The van der Waals surface area contributed by atoms with Crippen molar-refractivity contribution >= 4 is 5.91 Å². The van der Waals surface area contributed by atoms with Crippen LogP contribution in [0, 0.1) is 6.92 Å². The van der Waals surface area contributed by atoms with E-state index in [1.54, 1.807) is 31.3 Å². The minimum Gasteiger partial charge on any atom is -0.371 e. The molecule has 0 radical (unpaired) electrons. The van der Waals surface area contributed by atoms with Gasteiger partial charge in [-0.15, -0.1) is 0 Å². The van der Waals surface area contributed by atoms with Crippen LogP contribution < -0.4 is 0 Å². The van der Waals surface area contributed by atoms with Crippen molar-refractivity contribution < 1.29 is 14.2 Å². The summed E-state index contributed by atoms with van der Waals surface area (Å²) in [5.74, 6) is -0.210. The van der Waals surface area contributed by atoms with Gasteiger partial charge in [-0.1, -0.05) is 11.2 Å². The molecule has 0 bridgehead atoms. The summed E-state index contributed by atoms with van der Waals surface area (Å²) in [5, 5.41) is 7.32. The molecule has 1 aliphatic rings. The maximum absolute atomic E-state index is 12.5. The van der Waals surface area contributed by atoms with Crippen LogP contribution in [0.25, 0.3) is 0 Å². The Morgan fingerprint density at radius 3 is 2.95 bits per heavy atom. The molecule has 1 saturated heterocycles. The van der Waals surface area contributed by atoms with Gasteiger partial charge >= 0.3 is 0 Å². The van der Waals surface area contributed by atoms with E-state index in [1.807, 2.05) is 12.1 Å². The van der Waals surface area contributed by atoms with Crippen LogP contribution in [0.5, 0.6) is 0 Å². The minimum absolute atomic E-state index is 0.0576. The first-order valence-electron chi connectivity index (χ1n) is 6.76. The molecular weight excluding hydrogens is 272 g/mol. The molecule has 21 heavy (non-hydrogen) atoms. The smallest absolute Gasteiger partial charge is 0.278 e. The summed E-state index contributed by atoms with van der Waals surface area (Å²) in [4.78, 5) is 18.2. The van der Waals surface area contributed by atoms with Gasteiger partial charge in [0.05, 0.1) is 6.04 Å². The Bertz CT molecular complexity index is 628. The lowest BCUT2D eigenvalue weighted by atomic mass is 10.0. The van der Waals surface area contributed by atoms with E-state index in [-0.39, 0.29) is 23.7 Å². The third-order valence-electron chi connectivity index (χ3n) is 3.75. The lowest BCUT2D eigenvalue weighted by molar-refractivity contribution is 0.0507. The number of pyridine rings is 1. The van der Waals surface area contributed by atoms with Crippen molar-refractivity contribution in [3.05, 3.63) is 41.5 Å². The topological polar surface area (TPSA) is 81.4 Å². The minimum atomic E-state index is -0.210. The number of nitrogens with zero attached hydrogens (tertiary/aromatic N) is 4. The predicted molar refractivity (Wildman–Crippen MR) is 72.5 cm³/mol. The maximum Gasteiger partial charge on any atom is 0.278 e. The quantitative estimate of drug-likeness (QED) is 0.848. The number of rotatable bonds is 3. The monoisotopic (exact) mass is 288 g/mol. The molecule has 1 amide bonds. The number of hydrogen-bond acceptors (Lipinski definition) is 6. The van der Waals surface area contributed by atoms with Gasteiger partial charge in [0, 0.05) is 31.6 Å². The first kappa shape index (κ1) is 13.7. The summed E-state index contributed by atoms with van der Waals surface area (Å²) in [5.41, 5.74) is 1.70. The van der Waals surface area contributed by atoms with Gasteiger partial charge in [0.1, 0.15) is 11.8 Å². The lowest BCUT2D eigenvalue weighted by Crippen LogP contribution is -2.39. The number of ether oxygens (including phenoxy) is 1. The fourth-order valence-electron chi connectivity index (χ4n) is 2.58. The molecule has 0 N–H and O–H groups in total. The maximum atomic E-state index is 12.5. The number of amides is 1. The van der Waals surface area contributed by atoms with Crippen molar-refractivity contribution in [3.63, 3.8) is 0 Å². The van der Waals surface area contributed by atoms with E-state index >= 15 is 0 Å². The Morgan fingerprint density at radius 1 is 1.43 bits per heavy atom. The van der Waals surface area contributed by atoms with Gasteiger partial charge in [-0.25, -0.2) is 4.63 Å². The molecule has 0 saturated carbocycles. The number of aromatic nitrogens is 3. The molecule has 0 aromatic carbocycles. The molecule has 7 nitrogen and oxygen atoms in total. The first-order chi connectivity index (χ1) is 10.2. The average molecular weight is 288 g/mol. The SMILES string of the molecule is Cc1nonc1C(=O)N(C)[C@H]1CCO[C@@H]1c1cccnc1. The van der Waals surface area contributed by atoms with Crippen LogP contribution in [-0.2, 0) is 4.74 Å². The highest BCUT2D eigenvalue weighted by Gasteiger charge is 2.36. The zero-order valence-corrected chi connectivity index (χ0v) is 11.9. The van der Waals surface area contributed by atoms with Gasteiger partial charge in [-0.3, -0.25) is 9.78 Å². The normalized spacial score (nSPS) is 21.4. The molecule has 2 atom stereocenters. The summed E-state index contributed by atoms with van der Waals surface area (Å²) >= 11 is 0.